The van der Waals surface area contributed by atoms with Crippen LogP contribution in [0.2, 0.25) is 0 Å². The molecule has 1 amide bonds. The number of hydrogen-bond donors (Lipinski definition) is 0. The summed E-state index contributed by atoms with van der Waals surface area (Å²) in [6, 6.07) is 4.29. The fourth-order valence-corrected chi connectivity index (χ4v) is 3.57. The van der Waals surface area contributed by atoms with Gasteiger partial charge in [-0.3, -0.25) is 4.79 Å². The van der Waals surface area contributed by atoms with Gasteiger partial charge in [0, 0.05) is 32.0 Å². The van der Waals surface area contributed by atoms with Gasteiger partial charge in [0.15, 0.2) is 11.5 Å². The van der Waals surface area contributed by atoms with Crippen molar-refractivity contribution in [1.29, 1.82) is 0 Å². The molecule has 0 atom stereocenters. The lowest BCUT2D eigenvalue weighted by Gasteiger charge is -2.46. The first kappa shape index (κ1) is 14.2. The fraction of sp³-hybridized carbons (Fsp3) is 0.647. The number of fused-ring (bicyclic) bond motifs is 1. The summed E-state index contributed by atoms with van der Waals surface area (Å²) >= 11 is 0. The van der Waals surface area contributed by atoms with Crippen LogP contribution in [0.1, 0.15) is 43.8 Å². The maximum Gasteiger partial charge on any atom is 0.225 e. The summed E-state index contributed by atoms with van der Waals surface area (Å²) in [6.07, 6.45) is 5.71. The number of rotatable bonds is 4. The summed E-state index contributed by atoms with van der Waals surface area (Å²) in [7, 11) is 1.95. The number of hydrogen-bond acceptors (Lipinski definition) is 5. The highest BCUT2D eigenvalue weighted by Crippen LogP contribution is 2.39. The van der Waals surface area contributed by atoms with Gasteiger partial charge in [-0.2, -0.15) is 4.52 Å². The normalized spacial score (nSPS) is 21.6. The molecule has 0 unspecified atom stereocenters. The van der Waals surface area contributed by atoms with Gasteiger partial charge < -0.3 is 9.80 Å². The number of anilines is 1. The minimum Gasteiger partial charge on any atom is -0.351 e. The van der Waals surface area contributed by atoms with E-state index >= 15 is 0 Å². The van der Waals surface area contributed by atoms with Crippen molar-refractivity contribution in [2.24, 2.45) is 5.92 Å². The van der Waals surface area contributed by atoms with E-state index < -0.39 is 0 Å². The Labute approximate surface area is 140 Å². The quantitative estimate of drug-likeness (QED) is 0.851. The third-order valence-corrected chi connectivity index (χ3v) is 5.75. The highest BCUT2D eigenvalue weighted by Gasteiger charge is 2.37. The number of likely N-dealkylation sites (N-methyl/N-ethyl adjacent to an activating group) is 1. The molecule has 2 aromatic heterocycles. The highest BCUT2D eigenvalue weighted by atomic mass is 16.2. The van der Waals surface area contributed by atoms with Crippen LogP contribution >= 0.6 is 0 Å². The van der Waals surface area contributed by atoms with Gasteiger partial charge in [-0.25, -0.2) is 0 Å². The zero-order valence-electron chi connectivity index (χ0n) is 13.9. The van der Waals surface area contributed by atoms with Gasteiger partial charge in [0.05, 0.1) is 6.04 Å². The molecule has 24 heavy (non-hydrogen) atoms. The number of amides is 1. The lowest BCUT2D eigenvalue weighted by molar-refractivity contribution is -0.139. The van der Waals surface area contributed by atoms with Crippen molar-refractivity contribution in [2.75, 3.05) is 25.0 Å². The minimum absolute atomic E-state index is 0.275. The molecule has 2 aliphatic carbocycles. The van der Waals surface area contributed by atoms with Crippen LogP contribution in [0.15, 0.2) is 12.1 Å². The molecule has 7 heteroatoms. The molecule has 3 heterocycles. The standard InChI is InChI=1S/C17H22N6O/c1-21(17(24)12-3-2-4-12)13-9-22(10-13)15-8-7-14-18-19-16(11-5-6-11)23(14)20-15/h7-8,11-13H,2-6,9-10H2,1H3. The summed E-state index contributed by atoms with van der Waals surface area (Å²) in [5.74, 6) is 3.06. The van der Waals surface area contributed by atoms with Gasteiger partial charge in [0.2, 0.25) is 5.91 Å². The van der Waals surface area contributed by atoms with Gasteiger partial charge >= 0.3 is 0 Å². The van der Waals surface area contributed by atoms with Crippen LogP contribution in [0.3, 0.4) is 0 Å². The summed E-state index contributed by atoms with van der Waals surface area (Å²) in [6.45, 7) is 1.71. The first-order chi connectivity index (χ1) is 11.7. The maximum atomic E-state index is 12.3. The predicted molar refractivity (Wildman–Crippen MR) is 88.9 cm³/mol. The van der Waals surface area contributed by atoms with E-state index in [1.54, 1.807) is 0 Å². The molecule has 3 fully saturated rings. The largest absolute Gasteiger partial charge is 0.351 e. The van der Waals surface area contributed by atoms with Crippen molar-refractivity contribution in [3.63, 3.8) is 0 Å². The molecule has 2 aromatic rings. The predicted octanol–water partition coefficient (Wildman–Crippen LogP) is 1.45. The Morgan fingerprint density at radius 3 is 2.62 bits per heavy atom. The average molecular weight is 326 g/mol. The number of carbonyl (C=O) groups excluding carboxylic acids is 1. The van der Waals surface area contributed by atoms with E-state index in [1.165, 1.54) is 19.3 Å². The Morgan fingerprint density at radius 1 is 1.17 bits per heavy atom. The fourth-order valence-electron chi connectivity index (χ4n) is 3.57. The van der Waals surface area contributed by atoms with Gasteiger partial charge in [0.25, 0.3) is 0 Å². The number of aromatic nitrogens is 4. The van der Waals surface area contributed by atoms with E-state index in [2.05, 4.69) is 15.1 Å². The van der Waals surface area contributed by atoms with Crippen molar-refractivity contribution >= 4 is 17.4 Å². The van der Waals surface area contributed by atoms with Gasteiger partial charge in [-0.15, -0.1) is 15.3 Å². The molecule has 3 aliphatic rings. The van der Waals surface area contributed by atoms with E-state index in [0.29, 0.717) is 17.9 Å². The van der Waals surface area contributed by atoms with Crippen LogP contribution in [-0.4, -0.2) is 56.8 Å². The van der Waals surface area contributed by atoms with E-state index in [9.17, 15) is 4.79 Å². The average Bonchev–Trinajstić information content (AvgIpc) is 3.23. The van der Waals surface area contributed by atoms with Crippen LogP contribution in [-0.2, 0) is 4.79 Å². The summed E-state index contributed by atoms with van der Waals surface area (Å²) in [5, 5.41) is 13.2. The van der Waals surface area contributed by atoms with Crippen LogP contribution < -0.4 is 4.90 Å². The van der Waals surface area contributed by atoms with Gasteiger partial charge in [0.1, 0.15) is 5.82 Å². The second-order valence-corrected chi connectivity index (χ2v) is 7.43. The third-order valence-electron chi connectivity index (χ3n) is 5.75. The van der Waals surface area contributed by atoms with Crippen molar-refractivity contribution in [3.05, 3.63) is 18.0 Å². The van der Waals surface area contributed by atoms with Crippen molar-refractivity contribution < 1.29 is 4.79 Å². The third kappa shape index (κ3) is 2.17. The Hall–Kier alpha value is -2.18. The minimum atomic E-state index is 0.275. The number of nitrogens with zero attached hydrogens (tertiary/aromatic N) is 6. The van der Waals surface area contributed by atoms with Gasteiger partial charge in [-0.1, -0.05) is 6.42 Å². The van der Waals surface area contributed by atoms with Crippen molar-refractivity contribution in [1.82, 2.24) is 24.7 Å². The molecule has 1 aliphatic heterocycles. The Bertz CT molecular complexity index is 787. The van der Waals surface area contributed by atoms with Crippen molar-refractivity contribution in [2.45, 2.75) is 44.1 Å². The molecule has 2 saturated carbocycles. The van der Waals surface area contributed by atoms with E-state index in [0.717, 1.165) is 43.2 Å². The van der Waals surface area contributed by atoms with Crippen LogP contribution in [0.5, 0.6) is 0 Å². The lowest BCUT2D eigenvalue weighted by atomic mass is 9.84. The van der Waals surface area contributed by atoms with Crippen LogP contribution in [0, 0.1) is 5.92 Å². The highest BCUT2D eigenvalue weighted by molar-refractivity contribution is 5.80. The van der Waals surface area contributed by atoms with E-state index in [-0.39, 0.29) is 5.92 Å². The lowest BCUT2D eigenvalue weighted by Crippen LogP contribution is -2.61. The maximum absolute atomic E-state index is 12.3. The molecule has 5 rings (SSSR count). The molecular weight excluding hydrogens is 304 g/mol. The first-order valence-electron chi connectivity index (χ1n) is 8.94. The van der Waals surface area contributed by atoms with E-state index in [4.69, 9.17) is 5.10 Å². The van der Waals surface area contributed by atoms with Gasteiger partial charge in [-0.05, 0) is 37.8 Å². The zero-order valence-corrected chi connectivity index (χ0v) is 13.9. The molecule has 0 spiro atoms. The van der Waals surface area contributed by atoms with Crippen LogP contribution in [0.25, 0.3) is 5.65 Å². The first-order valence-corrected chi connectivity index (χ1v) is 8.94. The van der Waals surface area contributed by atoms with Crippen molar-refractivity contribution in [3.8, 4) is 0 Å². The molecule has 126 valence electrons. The smallest absolute Gasteiger partial charge is 0.225 e. The molecule has 0 N–H and O–H groups in total. The molecule has 0 bridgehead atoms. The topological polar surface area (TPSA) is 66.6 Å². The Kier molecular flexibility index (Phi) is 3.05. The molecule has 0 aromatic carbocycles. The monoisotopic (exact) mass is 326 g/mol. The molecule has 7 nitrogen and oxygen atoms in total. The van der Waals surface area contributed by atoms with Crippen LogP contribution in [0.4, 0.5) is 5.82 Å². The summed E-state index contributed by atoms with van der Waals surface area (Å²) in [5.41, 5.74) is 0.815. The SMILES string of the molecule is CN(C(=O)C1CCC1)C1CN(c2ccc3nnc(C4CC4)n3n2)C1. The molecule has 1 saturated heterocycles. The summed E-state index contributed by atoms with van der Waals surface area (Å²) < 4.78 is 1.89. The molecular formula is C17H22N6O. The number of carbonyl (C=O) groups is 1. The Morgan fingerprint density at radius 2 is 1.96 bits per heavy atom. The molecule has 0 radical (unpaired) electrons. The Balaban J connectivity index is 1.29. The second-order valence-electron chi connectivity index (χ2n) is 7.43. The van der Waals surface area contributed by atoms with E-state index in [1.807, 2.05) is 28.6 Å². The zero-order chi connectivity index (χ0) is 16.3. The summed E-state index contributed by atoms with van der Waals surface area (Å²) in [4.78, 5) is 16.5. The second kappa shape index (κ2) is 5.16.